The van der Waals surface area contributed by atoms with Gasteiger partial charge in [-0.25, -0.2) is 4.39 Å². The Hall–Kier alpha value is -3.53. The molecule has 8 nitrogen and oxygen atoms in total. The van der Waals surface area contributed by atoms with E-state index < -0.39 is 5.92 Å². The lowest BCUT2D eigenvalue weighted by Crippen LogP contribution is -2.42. The summed E-state index contributed by atoms with van der Waals surface area (Å²) in [7, 11) is 0. The van der Waals surface area contributed by atoms with Crippen LogP contribution < -0.4 is 16.0 Å². The number of allylic oxidation sites excluding steroid dienone is 3. The molecule has 1 aromatic carbocycles. The zero-order chi connectivity index (χ0) is 27.9. The van der Waals surface area contributed by atoms with Crippen LogP contribution in [-0.4, -0.2) is 27.6 Å². The van der Waals surface area contributed by atoms with Crippen LogP contribution in [0.15, 0.2) is 63.4 Å². The third-order valence-electron chi connectivity index (χ3n) is 6.47. The Morgan fingerprint density at radius 2 is 1.97 bits per heavy atom. The van der Waals surface area contributed by atoms with Gasteiger partial charge in [0.2, 0.25) is 11.0 Å². The molecule has 0 saturated heterocycles. The van der Waals surface area contributed by atoms with Crippen molar-refractivity contribution in [1.82, 2.24) is 10.2 Å². The lowest BCUT2D eigenvalue weighted by molar-refractivity contribution is -0.118. The van der Waals surface area contributed by atoms with E-state index in [1.807, 2.05) is 32.9 Å². The fraction of sp³-hybridized carbons (Fsp3) is 0.296. The molecule has 1 aliphatic heterocycles. The van der Waals surface area contributed by atoms with Gasteiger partial charge in [-0.05, 0) is 55.2 Å². The Morgan fingerprint density at radius 3 is 2.64 bits per heavy atom. The highest BCUT2D eigenvalue weighted by molar-refractivity contribution is 8.01. The second-order valence-corrected chi connectivity index (χ2v) is 13.6. The van der Waals surface area contributed by atoms with E-state index in [-0.39, 0.29) is 34.5 Å². The van der Waals surface area contributed by atoms with Gasteiger partial charge < -0.3 is 11.1 Å². The Labute approximate surface area is 237 Å². The summed E-state index contributed by atoms with van der Waals surface area (Å²) in [5, 5.41) is 21.9. The van der Waals surface area contributed by atoms with Gasteiger partial charge in [0, 0.05) is 33.1 Å². The van der Waals surface area contributed by atoms with Gasteiger partial charge in [-0.15, -0.1) is 21.5 Å². The number of aromatic nitrogens is 2. The molecule has 0 saturated carbocycles. The first-order valence-corrected chi connectivity index (χ1v) is 14.7. The normalized spacial score (nSPS) is 18.7. The summed E-state index contributed by atoms with van der Waals surface area (Å²) in [4.78, 5) is 29.7. The number of benzene rings is 1. The molecular weight excluding hydrogens is 556 g/mol. The lowest BCUT2D eigenvalue weighted by atomic mass is 9.70. The fourth-order valence-electron chi connectivity index (χ4n) is 4.83. The van der Waals surface area contributed by atoms with Gasteiger partial charge in [-0.3, -0.25) is 14.5 Å². The predicted molar refractivity (Wildman–Crippen MR) is 152 cm³/mol. The second kappa shape index (κ2) is 10.6. The summed E-state index contributed by atoms with van der Waals surface area (Å²) in [6.07, 6.45) is 0.954. The number of ketones is 1. The van der Waals surface area contributed by atoms with E-state index >= 15 is 0 Å². The van der Waals surface area contributed by atoms with E-state index in [4.69, 9.17) is 5.73 Å². The smallest absolute Gasteiger partial charge is 0.234 e. The second-order valence-electron chi connectivity index (χ2n) is 10.1. The van der Waals surface area contributed by atoms with Gasteiger partial charge in [-0.2, -0.15) is 5.26 Å². The summed E-state index contributed by atoms with van der Waals surface area (Å²) < 4.78 is 13.6. The molecular formula is C27H25FN6O2S3. The predicted octanol–water partition coefficient (Wildman–Crippen LogP) is 5.72. The van der Waals surface area contributed by atoms with Gasteiger partial charge >= 0.3 is 0 Å². The molecule has 2 aromatic heterocycles. The first-order chi connectivity index (χ1) is 18.6. The molecule has 12 heteroatoms. The third-order valence-corrected chi connectivity index (χ3v) is 9.58. The van der Waals surface area contributed by atoms with Crippen LogP contribution in [-0.2, 0) is 9.59 Å². The maximum absolute atomic E-state index is 13.6. The number of carbonyl (C=O) groups is 2. The number of aryl methyl sites for hydroxylation is 1. The number of anilines is 2. The number of nitrogens with one attached hydrogen (secondary N) is 1. The van der Waals surface area contributed by atoms with Gasteiger partial charge in [-0.1, -0.05) is 36.9 Å². The van der Waals surface area contributed by atoms with Gasteiger partial charge in [0.25, 0.3) is 0 Å². The quantitative estimate of drug-likeness (QED) is 0.355. The number of thioether (sulfide) groups is 1. The largest absolute Gasteiger partial charge is 0.384 e. The van der Waals surface area contributed by atoms with Crippen molar-refractivity contribution in [3.8, 4) is 6.07 Å². The number of Topliss-reactive ketones (excluding diaryl/α,β-unsaturated/α-hetero) is 1. The number of hydrogen-bond donors (Lipinski definition) is 2. The van der Waals surface area contributed by atoms with Crippen LogP contribution in [0.3, 0.4) is 0 Å². The molecule has 200 valence electrons. The molecule has 5 rings (SSSR count). The first kappa shape index (κ1) is 27.1. The van der Waals surface area contributed by atoms with Crippen molar-refractivity contribution in [3.05, 3.63) is 74.6 Å². The number of nitrogens with two attached hydrogens (primary N) is 1. The minimum absolute atomic E-state index is 0.000805. The molecule has 0 fully saturated rings. The number of amides is 1. The highest BCUT2D eigenvalue weighted by atomic mass is 32.2. The highest BCUT2D eigenvalue weighted by Crippen LogP contribution is 2.51. The van der Waals surface area contributed by atoms with Crippen LogP contribution in [0.2, 0.25) is 0 Å². The van der Waals surface area contributed by atoms with E-state index in [1.165, 1.54) is 47.4 Å². The van der Waals surface area contributed by atoms with Crippen LogP contribution >= 0.6 is 34.4 Å². The number of nitriles is 1. The minimum atomic E-state index is -0.513. The van der Waals surface area contributed by atoms with Crippen LogP contribution in [0.4, 0.5) is 15.2 Å². The SMILES string of the molecule is Cc1ccc(C2C(C#N)=C(N)N(c3nnc(SCC(=O)Nc4ccc(F)cc4)s3)C3=C2C(=O)CC(C)(C)C3)s1. The van der Waals surface area contributed by atoms with E-state index in [2.05, 4.69) is 21.6 Å². The summed E-state index contributed by atoms with van der Waals surface area (Å²) >= 11 is 3.99. The molecule has 0 bridgehead atoms. The average Bonchev–Trinajstić information content (AvgIpc) is 3.51. The molecule has 1 amide bonds. The highest BCUT2D eigenvalue weighted by Gasteiger charge is 2.45. The van der Waals surface area contributed by atoms with Crippen molar-refractivity contribution in [2.75, 3.05) is 16.0 Å². The molecule has 3 aromatic rings. The van der Waals surface area contributed by atoms with E-state index in [0.717, 1.165) is 15.5 Å². The molecule has 1 aliphatic carbocycles. The van der Waals surface area contributed by atoms with Crippen molar-refractivity contribution >= 4 is 56.9 Å². The van der Waals surface area contributed by atoms with E-state index in [0.29, 0.717) is 39.1 Å². The minimum Gasteiger partial charge on any atom is -0.384 e. The first-order valence-electron chi connectivity index (χ1n) is 12.1. The summed E-state index contributed by atoms with van der Waals surface area (Å²) in [6, 6.07) is 11.7. The maximum Gasteiger partial charge on any atom is 0.234 e. The number of carbonyl (C=O) groups excluding carboxylic acids is 2. The number of halogens is 1. The van der Waals surface area contributed by atoms with Crippen LogP contribution in [0.25, 0.3) is 0 Å². The summed E-state index contributed by atoms with van der Waals surface area (Å²) in [5.41, 5.74) is 8.49. The van der Waals surface area contributed by atoms with E-state index in [9.17, 15) is 19.2 Å². The fourth-order valence-corrected chi connectivity index (χ4v) is 7.51. The number of thiophene rings is 1. The van der Waals surface area contributed by atoms with Crippen molar-refractivity contribution in [2.45, 2.75) is 43.9 Å². The zero-order valence-electron chi connectivity index (χ0n) is 21.4. The van der Waals surface area contributed by atoms with Crippen LogP contribution in [0.5, 0.6) is 0 Å². The third kappa shape index (κ3) is 5.48. The standard InChI is InChI=1S/C27H25FN6O2S3/c1-14-4-9-20(38-14)22-17(12-29)24(30)34(18-10-27(2,3)11-19(35)23(18)22)25-32-33-26(39-25)37-13-21(36)31-16-7-5-15(28)6-8-16/h4-9,22H,10-11,13,30H2,1-3H3,(H,31,36). The number of hydrogen-bond acceptors (Lipinski definition) is 10. The lowest BCUT2D eigenvalue weighted by Gasteiger charge is -2.42. The topological polar surface area (TPSA) is 125 Å². The van der Waals surface area contributed by atoms with Crippen molar-refractivity contribution in [1.29, 1.82) is 5.26 Å². The van der Waals surface area contributed by atoms with Crippen LogP contribution in [0, 0.1) is 29.5 Å². The molecule has 0 spiro atoms. The van der Waals surface area contributed by atoms with Gasteiger partial charge in [0.1, 0.15) is 11.6 Å². The number of rotatable bonds is 6. The number of nitrogens with zero attached hydrogens (tertiary/aromatic N) is 4. The Bertz CT molecular complexity index is 1560. The summed E-state index contributed by atoms with van der Waals surface area (Å²) in [5.74, 6) is -0.863. The Kier molecular flexibility index (Phi) is 7.33. The zero-order valence-corrected chi connectivity index (χ0v) is 23.9. The molecule has 1 unspecified atom stereocenters. The van der Waals surface area contributed by atoms with E-state index in [1.54, 1.807) is 16.2 Å². The Balaban J connectivity index is 1.45. The van der Waals surface area contributed by atoms with Crippen LogP contribution in [0.1, 0.15) is 42.4 Å². The molecule has 3 N–H and O–H groups in total. The molecule has 3 heterocycles. The molecule has 1 atom stereocenters. The molecule has 39 heavy (non-hydrogen) atoms. The monoisotopic (exact) mass is 580 g/mol. The van der Waals surface area contributed by atoms with Crippen molar-refractivity contribution < 1.29 is 14.0 Å². The maximum atomic E-state index is 13.6. The van der Waals surface area contributed by atoms with Gasteiger partial charge in [0.05, 0.1) is 23.3 Å². The van der Waals surface area contributed by atoms with Crippen molar-refractivity contribution in [3.63, 3.8) is 0 Å². The van der Waals surface area contributed by atoms with Gasteiger partial charge in [0.15, 0.2) is 10.1 Å². The Morgan fingerprint density at radius 1 is 1.23 bits per heavy atom. The molecule has 2 aliphatic rings. The summed E-state index contributed by atoms with van der Waals surface area (Å²) in [6.45, 7) is 6.07. The van der Waals surface area contributed by atoms with Crippen molar-refractivity contribution in [2.24, 2.45) is 11.1 Å². The molecule has 0 radical (unpaired) electrons. The average molecular weight is 581 g/mol.